The van der Waals surface area contributed by atoms with Gasteiger partial charge in [0.1, 0.15) is 0 Å². The van der Waals surface area contributed by atoms with Crippen molar-refractivity contribution in [3.8, 4) is 0 Å². The van der Waals surface area contributed by atoms with Gasteiger partial charge < -0.3 is 5.32 Å². The number of unbranched alkanes of at least 4 members (excludes halogenated alkanes) is 1. The van der Waals surface area contributed by atoms with E-state index in [1.807, 2.05) is 0 Å². The third kappa shape index (κ3) is 7.84. The first kappa shape index (κ1) is 23.5. The third-order valence-electron chi connectivity index (χ3n) is 5.89. The predicted octanol–water partition coefficient (Wildman–Crippen LogP) is 5.41. The van der Waals surface area contributed by atoms with Crippen LogP contribution in [0.5, 0.6) is 0 Å². The van der Waals surface area contributed by atoms with Gasteiger partial charge in [-0.25, -0.2) is 0 Å². The fourth-order valence-electron chi connectivity index (χ4n) is 4.49. The Morgan fingerprint density at radius 3 is 2.50 bits per heavy atom. The molecule has 5 nitrogen and oxygen atoms in total. The Hall–Kier alpha value is -1.14. The smallest absolute Gasteiger partial charge is 0.0816 e. The molecule has 0 aromatic heterocycles. The van der Waals surface area contributed by atoms with Crippen molar-refractivity contribution in [2.24, 2.45) is 5.92 Å². The van der Waals surface area contributed by atoms with E-state index in [9.17, 15) is 0 Å². The Morgan fingerprint density at radius 1 is 1.03 bits per heavy atom. The van der Waals surface area contributed by atoms with Crippen molar-refractivity contribution in [3.63, 3.8) is 0 Å². The normalized spacial score (nSPS) is 19.3. The monoisotopic (exact) mass is 417 g/mol. The van der Waals surface area contributed by atoms with Gasteiger partial charge >= 0.3 is 0 Å². The van der Waals surface area contributed by atoms with Crippen LogP contribution in [0.25, 0.3) is 0 Å². The number of hydrogen-bond acceptors (Lipinski definition) is 5. The van der Waals surface area contributed by atoms with Gasteiger partial charge in [0.05, 0.1) is 11.7 Å². The molecule has 0 amide bonds. The number of hydroxylamine groups is 4. The number of fused-ring (bicyclic) bond motifs is 1. The second-order valence-electron chi connectivity index (χ2n) is 10.2. The number of piperidine rings is 1. The lowest BCUT2D eigenvalue weighted by atomic mass is 9.92. The molecule has 3 rings (SSSR count). The highest BCUT2D eigenvalue weighted by Gasteiger charge is 2.22. The van der Waals surface area contributed by atoms with Gasteiger partial charge in [0.15, 0.2) is 0 Å². The average Bonchev–Trinajstić information content (AvgIpc) is 2.67. The van der Waals surface area contributed by atoms with Gasteiger partial charge in [-0.1, -0.05) is 18.9 Å². The van der Waals surface area contributed by atoms with Gasteiger partial charge in [-0.15, -0.1) is 0 Å². The average molecular weight is 418 g/mol. The molecule has 1 saturated heterocycles. The molecule has 0 bridgehead atoms. The number of nitrogens with zero attached hydrogens (tertiary/aromatic N) is 2. The first-order valence-corrected chi connectivity index (χ1v) is 12.0. The Balaban J connectivity index is 1.32. The fourth-order valence-corrected chi connectivity index (χ4v) is 4.49. The summed E-state index contributed by atoms with van der Waals surface area (Å²) in [5.74, 6) is 0.874. The number of anilines is 1. The quantitative estimate of drug-likeness (QED) is 0.544. The first-order valence-electron chi connectivity index (χ1n) is 12.0. The molecule has 2 aliphatic heterocycles. The van der Waals surface area contributed by atoms with E-state index in [4.69, 9.17) is 9.68 Å². The van der Waals surface area contributed by atoms with Crippen LogP contribution in [-0.2, 0) is 22.6 Å². The van der Waals surface area contributed by atoms with E-state index in [0.717, 1.165) is 45.1 Å². The Morgan fingerprint density at radius 2 is 1.80 bits per heavy atom. The molecule has 1 aromatic rings. The molecule has 0 radical (unpaired) electrons. The van der Waals surface area contributed by atoms with E-state index < -0.39 is 0 Å². The molecule has 0 atom stereocenters. The maximum Gasteiger partial charge on any atom is 0.0816 e. The highest BCUT2D eigenvalue weighted by atomic mass is 16.7. The summed E-state index contributed by atoms with van der Waals surface area (Å²) in [6.45, 7) is 15.6. The zero-order valence-electron chi connectivity index (χ0n) is 19.9. The highest BCUT2D eigenvalue weighted by Crippen LogP contribution is 2.26. The summed E-state index contributed by atoms with van der Waals surface area (Å²) in [6, 6.07) is 6.83. The van der Waals surface area contributed by atoms with Crippen LogP contribution in [0, 0.1) is 5.92 Å². The number of nitrogens with one attached hydrogen (secondary N) is 1. The van der Waals surface area contributed by atoms with E-state index in [2.05, 4.69) is 68.3 Å². The third-order valence-corrected chi connectivity index (χ3v) is 5.89. The Bertz CT molecular complexity index is 648. The maximum absolute atomic E-state index is 6.04. The molecule has 0 saturated carbocycles. The van der Waals surface area contributed by atoms with Crippen molar-refractivity contribution in [2.45, 2.75) is 91.4 Å². The van der Waals surface area contributed by atoms with Crippen molar-refractivity contribution in [2.75, 3.05) is 31.5 Å². The van der Waals surface area contributed by atoms with Gasteiger partial charge in [-0.2, -0.15) is 10.1 Å². The van der Waals surface area contributed by atoms with Crippen LogP contribution in [0.1, 0.15) is 77.8 Å². The largest absolute Gasteiger partial charge is 0.385 e. The summed E-state index contributed by atoms with van der Waals surface area (Å²) in [7, 11) is 0. The van der Waals surface area contributed by atoms with E-state index in [1.165, 1.54) is 48.9 Å². The molecule has 170 valence electrons. The molecular formula is C25H43N3O2. The van der Waals surface area contributed by atoms with Gasteiger partial charge in [-0.05, 0) is 89.5 Å². The standard InChI is InChI=1S/C25H43N3O2/c1-20(2)29-27-15-11-21(12-16-27)8-6-7-14-26-24-10-9-23-19-28(30-25(3,4)5)17-13-22(23)18-24/h9-10,18,20-21,26H,6-8,11-17,19H2,1-5H3. The fraction of sp³-hybridized carbons (Fsp3) is 0.760. The number of rotatable bonds is 9. The second-order valence-corrected chi connectivity index (χ2v) is 10.2. The van der Waals surface area contributed by atoms with Crippen molar-refractivity contribution in [3.05, 3.63) is 29.3 Å². The second kappa shape index (κ2) is 10.9. The van der Waals surface area contributed by atoms with E-state index in [0.29, 0.717) is 6.10 Å². The Labute approximate surface area is 184 Å². The predicted molar refractivity (Wildman–Crippen MR) is 124 cm³/mol. The number of benzene rings is 1. The molecule has 5 heteroatoms. The number of hydrogen-bond donors (Lipinski definition) is 1. The molecular weight excluding hydrogens is 374 g/mol. The van der Waals surface area contributed by atoms with Gasteiger partial charge in [0, 0.05) is 38.4 Å². The lowest BCUT2D eigenvalue weighted by Crippen LogP contribution is -2.37. The molecule has 30 heavy (non-hydrogen) atoms. The van der Waals surface area contributed by atoms with Crippen LogP contribution in [-0.4, -0.2) is 48.0 Å². The van der Waals surface area contributed by atoms with Crippen molar-refractivity contribution >= 4 is 5.69 Å². The first-order chi connectivity index (χ1) is 14.3. The minimum Gasteiger partial charge on any atom is -0.385 e. The van der Waals surface area contributed by atoms with Crippen LogP contribution < -0.4 is 5.32 Å². The summed E-state index contributed by atoms with van der Waals surface area (Å²) in [5.41, 5.74) is 3.99. The SMILES string of the molecule is CC(C)ON1CCC(CCCCNc2ccc3c(c2)CCN(OC(C)(C)C)C3)CC1. The molecule has 2 aliphatic rings. The molecule has 1 N–H and O–H groups in total. The highest BCUT2D eigenvalue weighted by molar-refractivity contribution is 5.49. The van der Waals surface area contributed by atoms with Crippen molar-refractivity contribution in [1.29, 1.82) is 0 Å². The summed E-state index contributed by atoms with van der Waals surface area (Å²) in [6.07, 6.45) is 7.82. The van der Waals surface area contributed by atoms with Crippen molar-refractivity contribution < 1.29 is 9.68 Å². The van der Waals surface area contributed by atoms with Gasteiger partial charge in [0.25, 0.3) is 0 Å². The minimum absolute atomic E-state index is 0.127. The molecule has 2 heterocycles. The molecule has 1 fully saturated rings. The van der Waals surface area contributed by atoms with Crippen LogP contribution in [0.4, 0.5) is 5.69 Å². The van der Waals surface area contributed by atoms with E-state index >= 15 is 0 Å². The van der Waals surface area contributed by atoms with Crippen molar-refractivity contribution in [1.82, 2.24) is 10.1 Å². The summed E-state index contributed by atoms with van der Waals surface area (Å²) in [5, 5.41) is 7.90. The van der Waals surface area contributed by atoms with Crippen LogP contribution in [0.3, 0.4) is 0 Å². The summed E-state index contributed by atoms with van der Waals surface area (Å²) in [4.78, 5) is 11.8. The molecule has 0 unspecified atom stereocenters. The van der Waals surface area contributed by atoms with E-state index in [-0.39, 0.29) is 5.60 Å². The molecule has 0 spiro atoms. The van der Waals surface area contributed by atoms with Gasteiger partial charge in [0.2, 0.25) is 0 Å². The van der Waals surface area contributed by atoms with Crippen LogP contribution in [0.15, 0.2) is 18.2 Å². The molecule has 1 aromatic carbocycles. The Kier molecular flexibility index (Phi) is 8.58. The lowest BCUT2D eigenvalue weighted by molar-refractivity contribution is -0.236. The van der Waals surface area contributed by atoms with E-state index in [1.54, 1.807) is 0 Å². The zero-order chi connectivity index (χ0) is 21.6. The summed E-state index contributed by atoms with van der Waals surface area (Å²) >= 11 is 0. The van der Waals surface area contributed by atoms with Crippen LogP contribution >= 0.6 is 0 Å². The molecule has 0 aliphatic carbocycles. The lowest BCUT2D eigenvalue weighted by Gasteiger charge is -2.33. The maximum atomic E-state index is 6.04. The minimum atomic E-state index is -0.127. The zero-order valence-corrected chi connectivity index (χ0v) is 19.9. The van der Waals surface area contributed by atoms with Gasteiger partial charge in [-0.3, -0.25) is 9.68 Å². The topological polar surface area (TPSA) is 37.0 Å². The van der Waals surface area contributed by atoms with Crippen LogP contribution in [0.2, 0.25) is 0 Å². The summed E-state index contributed by atoms with van der Waals surface area (Å²) < 4.78 is 0.